The number of rotatable bonds is 3. The van der Waals surface area contributed by atoms with E-state index in [1.807, 2.05) is 30.3 Å². The second-order valence-corrected chi connectivity index (χ2v) is 4.37. The maximum Gasteiger partial charge on any atom is 0.274 e. The molecule has 0 aliphatic heterocycles. The van der Waals surface area contributed by atoms with Gasteiger partial charge in [0.05, 0.1) is 0 Å². The molecule has 0 spiro atoms. The van der Waals surface area contributed by atoms with Crippen LogP contribution in [-0.4, -0.2) is 15.1 Å². The van der Waals surface area contributed by atoms with Crippen LogP contribution in [0.3, 0.4) is 0 Å². The summed E-state index contributed by atoms with van der Waals surface area (Å²) in [4.78, 5) is 7.24. The fourth-order valence-corrected chi connectivity index (χ4v) is 1.92. The van der Waals surface area contributed by atoms with Crippen LogP contribution >= 0.6 is 0 Å². The number of H-pyrrole nitrogens is 1. The molecule has 0 fully saturated rings. The van der Waals surface area contributed by atoms with Crippen molar-refractivity contribution in [1.29, 1.82) is 5.26 Å². The van der Waals surface area contributed by atoms with E-state index in [1.54, 1.807) is 12.1 Å². The van der Waals surface area contributed by atoms with Gasteiger partial charge in [0, 0.05) is 5.56 Å². The number of hydrogen-bond acceptors (Lipinski definition) is 4. The molecule has 98 valence electrons. The topological polar surface area (TPSA) is 78.5 Å². The highest BCUT2D eigenvalue weighted by atomic mass is 16.5. The van der Waals surface area contributed by atoms with Crippen LogP contribution in [-0.2, 0) is 6.42 Å². The van der Waals surface area contributed by atoms with E-state index in [0.29, 0.717) is 23.1 Å². The molecule has 0 unspecified atom stereocenters. The lowest BCUT2D eigenvalue weighted by Gasteiger charge is -1.97. The first kappa shape index (κ1) is 12.2. The Hall–Kier alpha value is -2.87. The minimum atomic E-state index is 0.376. The highest BCUT2D eigenvalue weighted by molar-refractivity contribution is 5.58. The molecule has 0 bridgehead atoms. The summed E-state index contributed by atoms with van der Waals surface area (Å²) in [6, 6.07) is 13.5. The molecule has 0 aliphatic rings. The van der Waals surface area contributed by atoms with E-state index in [-0.39, 0.29) is 0 Å². The van der Waals surface area contributed by atoms with Crippen LogP contribution in [0.15, 0.2) is 40.9 Å². The Morgan fingerprint density at radius 2 is 2.00 bits per heavy atom. The average molecular weight is 264 g/mol. The van der Waals surface area contributed by atoms with Crippen molar-refractivity contribution < 1.29 is 4.52 Å². The molecule has 0 radical (unpaired) electrons. The van der Waals surface area contributed by atoms with Gasteiger partial charge in [-0.2, -0.15) is 10.2 Å². The van der Waals surface area contributed by atoms with Crippen LogP contribution in [0.2, 0.25) is 0 Å². The van der Waals surface area contributed by atoms with Gasteiger partial charge in [0.2, 0.25) is 5.82 Å². The maximum atomic E-state index is 8.78. The van der Waals surface area contributed by atoms with E-state index in [0.717, 1.165) is 12.0 Å². The van der Waals surface area contributed by atoms with Gasteiger partial charge in [-0.25, -0.2) is 0 Å². The summed E-state index contributed by atoms with van der Waals surface area (Å²) in [5.41, 5.74) is 3.28. The van der Waals surface area contributed by atoms with Gasteiger partial charge in [-0.1, -0.05) is 36.3 Å². The lowest BCUT2D eigenvalue weighted by molar-refractivity contribution is 0.431. The third-order valence-electron chi connectivity index (χ3n) is 3.08. The van der Waals surface area contributed by atoms with Crippen molar-refractivity contribution in [1.82, 2.24) is 15.1 Å². The van der Waals surface area contributed by atoms with E-state index in [9.17, 15) is 0 Å². The summed E-state index contributed by atoms with van der Waals surface area (Å²) in [6.45, 7) is 2.11. The molecule has 0 saturated carbocycles. The zero-order valence-corrected chi connectivity index (χ0v) is 10.9. The Morgan fingerprint density at radius 3 is 2.65 bits per heavy atom. The Balaban J connectivity index is 1.91. The number of aryl methyl sites for hydroxylation is 1. The standard InChI is InChI=1S/C15H12N4O/c1-2-10-3-5-11(6-4-10)14-18-15(20-19-14)13-8-7-12(9-16)17-13/h3-8,17H,2H2,1H3. The third-order valence-corrected chi connectivity index (χ3v) is 3.08. The summed E-state index contributed by atoms with van der Waals surface area (Å²) >= 11 is 0. The number of hydrogen-bond donors (Lipinski definition) is 1. The van der Waals surface area contributed by atoms with Crippen molar-refractivity contribution >= 4 is 0 Å². The average Bonchev–Trinajstić information content (AvgIpc) is 3.16. The zero-order chi connectivity index (χ0) is 13.9. The second kappa shape index (κ2) is 5.02. The van der Waals surface area contributed by atoms with Gasteiger partial charge < -0.3 is 9.51 Å². The molecule has 3 rings (SSSR count). The number of nitrogens with zero attached hydrogens (tertiary/aromatic N) is 3. The van der Waals surface area contributed by atoms with Crippen molar-refractivity contribution in [3.8, 4) is 29.0 Å². The van der Waals surface area contributed by atoms with E-state index in [2.05, 4.69) is 22.0 Å². The summed E-state index contributed by atoms with van der Waals surface area (Å²) in [7, 11) is 0. The van der Waals surface area contributed by atoms with Crippen LogP contribution in [0.4, 0.5) is 0 Å². The fourth-order valence-electron chi connectivity index (χ4n) is 1.92. The Labute approximate surface area is 115 Å². The van der Waals surface area contributed by atoms with Gasteiger partial charge in [-0.05, 0) is 24.1 Å². The quantitative estimate of drug-likeness (QED) is 0.788. The normalized spacial score (nSPS) is 10.4. The van der Waals surface area contributed by atoms with E-state index in [4.69, 9.17) is 9.78 Å². The summed E-state index contributed by atoms with van der Waals surface area (Å²) in [5, 5.41) is 12.7. The molecule has 0 aliphatic carbocycles. The van der Waals surface area contributed by atoms with Crippen LogP contribution < -0.4 is 0 Å². The molecule has 5 heteroatoms. The van der Waals surface area contributed by atoms with Crippen molar-refractivity contribution in [2.24, 2.45) is 0 Å². The van der Waals surface area contributed by atoms with Crippen molar-refractivity contribution in [2.75, 3.05) is 0 Å². The Morgan fingerprint density at radius 1 is 1.20 bits per heavy atom. The van der Waals surface area contributed by atoms with Gasteiger partial charge in [-0.15, -0.1) is 0 Å². The summed E-state index contributed by atoms with van der Waals surface area (Å²) in [5.74, 6) is 0.914. The molecule has 20 heavy (non-hydrogen) atoms. The van der Waals surface area contributed by atoms with E-state index >= 15 is 0 Å². The number of nitrogens with one attached hydrogen (secondary N) is 1. The minimum Gasteiger partial charge on any atom is -0.342 e. The molecular formula is C15H12N4O. The molecule has 0 saturated heterocycles. The van der Waals surface area contributed by atoms with E-state index < -0.39 is 0 Å². The van der Waals surface area contributed by atoms with Crippen molar-refractivity contribution in [2.45, 2.75) is 13.3 Å². The van der Waals surface area contributed by atoms with Crippen molar-refractivity contribution in [3.05, 3.63) is 47.7 Å². The van der Waals surface area contributed by atoms with Crippen LogP contribution in [0.5, 0.6) is 0 Å². The summed E-state index contributed by atoms with van der Waals surface area (Å²) in [6.07, 6.45) is 0.997. The lowest BCUT2D eigenvalue weighted by Crippen LogP contribution is -1.84. The molecule has 1 aromatic carbocycles. The molecule has 2 aromatic heterocycles. The minimum absolute atomic E-state index is 0.376. The number of aromatic nitrogens is 3. The highest BCUT2D eigenvalue weighted by Gasteiger charge is 2.12. The molecule has 5 nitrogen and oxygen atoms in total. The van der Waals surface area contributed by atoms with Crippen LogP contribution in [0.25, 0.3) is 23.0 Å². The SMILES string of the molecule is CCc1ccc(-c2noc(-c3ccc(C#N)[nH]3)n2)cc1. The predicted octanol–water partition coefficient (Wildman–Crippen LogP) is 3.17. The first-order valence-electron chi connectivity index (χ1n) is 6.32. The summed E-state index contributed by atoms with van der Waals surface area (Å²) < 4.78 is 5.22. The monoisotopic (exact) mass is 264 g/mol. The van der Waals surface area contributed by atoms with Gasteiger partial charge in [0.25, 0.3) is 5.89 Å². The Kier molecular flexibility index (Phi) is 3.05. The van der Waals surface area contributed by atoms with Crippen LogP contribution in [0.1, 0.15) is 18.2 Å². The number of benzene rings is 1. The van der Waals surface area contributed by atoms with E-state index in [1.165, 1.54) is 5.56 Å². The van der Waals surface area contributed by atoms with Crippen molar-refractivity contribution in [3.63, 3.8) is 0 Å². The van der Waals surface area contributed by atoms with Gasteiger partial charge >= 0.3 is 0 Å². The molecular weight excluding hydrogens is 252 g/mol. The highest BCUT2D eigenvalue weighted by Crippen LogP contribution is 2.22. The predicted molar refractivity (Wildman–Crippen MR) is 73.6 cm³/mol. The molecule has 2 heterocycles. The number of nitriles is 1. The smallest absolute Gasteiger partial charge is 0.274 e. The molecule has 0 atom stereocenters. The van der Waals surface area contributed by atoms with Gasteiger partial charge in [0.1, 0.15) is 17.5 Å². The maximum absolute atomic E-state index is 8.78. The Bertz CT molecular complexity index is 762. The number of aromatic amines is 1. The molecule has 1 N–H and O–H groups in total. The van der Waals surface area contributed by atoms with Gasteiger partial charge in [-0.3, -0.25) is 0 Å². The third kappa shape index (κ3) is 2.19. The first-order valence-corrected chi connectivity index (χ1v) is 6.32. The first-order chi connectivity index (χ1) is 9.80. The molecule has 0 amide bonds. The van der Waals surface area contributed by atoms with Crippen LogP contribution in [0, 0.1) is 11.3 Å². The largest absolute Gasteiger partial charge is 0.342 e. The fraction of sp³-hybridized carbons (Fsp3) is 0.133. The van der Waals surface area contributed by atoms with Gasteiger partial charge in [0.15, 0.2) is 0 Å². The lowest BCUT2D eigenvalue weighted by atomic mass is 10.1. The molecule has 3 aromatic rings. The zero-order valence-electron chi connectivity index (χ0n) is 10.9. The second-order valence-electron chi connectivity index (χ2n) is 4.37.